The molecule has 7 heteroatoms. The number of aliphatic hydroxyl groups is 1. The maximum absolute atomic E-state index is 13.3. The van der Waals surface area contributed by atoms with E-state index >= 15 is 0 Å². The molecule has 240 valence electrons. The van der Waals surface area contributed by atoms with Gasteiger partial charge in [-0.25, -0.2) is 0 Å². The van der Waals surface area contributed by atoms with Crippen LogP contribution in [0.2, 0.25) is 0 Å². The number of allylic oxidation sites excluding steroid dienone is 6. The van der Waals surface area contributed by atoms with E-state index in [-0.39, 0.29) is 28.0 Å². The maximum atomic E-state index is 13.3. The van der Waals surface area contributed by atoms with Crippen LogP contribution in [0.25, 0.3) is 5.57 Å². The second-order valence-corrected chi connectivity index (χ2v) is 12.0. The van der Waals surface area contributed by atoms with Crippen LogP contribution < -0.4 is 4.90 Å². The number of hydrogen-bond donors (Lipinski definition) is 2. The first-order valence-electron chi connectivity index (χ1n) is 16.7. The number of likely N-dealkylation sites (N-methyl/N-ethyl adjacent to an activating group) is 1. The summed E-state index contributed by atoms with van der Waals surface area (Å²) in [5.74, 6) is -2.03. The molecule has 0 saturated heterocycles. The van der Waals surface area contributed by atoms with Crippen molar-refractivity contribution in [2.75, 3.05) is 31.1 Å². The predicted octanol–water partition coefficient (Wildman–Crippen LogP) is 7.71. The first kappa shape index (κ1) is 34.9. The van der Waals surface area contributed by atoms with Crippen LogP contribution in [0.3, 0.4) is 0 Å². The molecule has 2 aliphatic carbocycles. The molecule has 2 atom stereocenters. The number of aliphatic hydroxyl groups excluding tert-OH is 1. The van der Waals surface area contributed by atoms with Gasteiger partial charge in [-0.05, 0) is 62.8 Å². The smallest absolute Gasteiger partial charge is 0.238 e. The Kier molecular flexibility index (Phi) is 13.0. The predicted molar refractivity (Wildman–Crippen MR) is 179 cm³/mol. The van der Waals surface area contributed by atoms with Crippen molar-refractivity contribution >= 4 is 28.6 Å². The average Bonchev–Trinajstić information content (AvgIpc) is 3.24. The van der Waals surface area contributed by atoms with Gasteiger partial charge >= 0.3 is 0 Å². The third kappa shape index (κ3) is 7.91. The number of Topliss-reactive ketones (excluding diaryl/α,β-unsaturated/α-hetero) is 2. The summed E-state index contributed by atoms with van der Waals surface area (Å²) in [5.41, 5.74) is 1.05. The summed E-state index contributed by atoms with van der Waals surface area (Å²) in [6.45, 7) is 16.0. The lowest BCUT2D eigenvalue weighted by Gasteiger charge is -2.30. The molecule has 2 N–H and O–H groups in total. The van der Waals surface area contributed by atoms with E-state index < -0.39 is 23.1 Å². The minimum Gasteiger partial charge on any atom is -0.507 e. The van der Waals surface area contributed by atoms with E-state index in [0.717, 1.165) is 82.5 Å². The standard InChI is InChI=1S/C37H52N2O5/c1-7-13-15-25(9-3)23-38(11-5)27-17-19-29(31(40)21-27)33-35(42)34(37(44)36(33)43)30-20-18-28(22-32(30)41)39(12-6)24-26(10-4)16-14-8-2/h17-22,25-26,40,42H,7-16,23-24H2,1-6H3/b34-30-. The number of ketones is 3. The Morgan fingerprint density at radius 2 is 1.30 bits per heavy atom. The van der Waals surface area contributed by atoms with Crippen LogP contribution in [0.1, 0.15) is 98.5 Å². The topological polar surface area (TPSA) is 98.2 Å². The maximum Gasteiger partial charge on any atom is 0.238 e. The summed E-state index contributed by atoms with van der Waals surface area (Å²) in [7, 11) is 0. The van der Waals surface area contributed by atoms with Crippen molar-refractivity contribution in [1.29, 1.82) is 0 Å². The van der Waals surface area contributed by atoms with Gasteiger partial charge in [-0.3, -0.25) is 14.4 Å². The number of rotatable bonds is 17. The van der Waals surface area contributed by atoms with E-state index in [0.29, 0.717) is 11.8 Å². The van der Waals surface area contributed by atoms with E-state index in [1.165, 1.54) is 18.6 Å². The number of aromatic hydroxyl groups is 1. The van der Waals surface area contributed by atoms with Gasteiger partial charge in [0.15, 0.2) is 5.78 Å². The number of phenolic OH excluding ortho intramolecular Hbond substituents is 1. The number of carbonyl (C=O) groups excluding carboxylic acids is 3. The minimum atomic E-state index is -0.944. The fourth-order valence-electron chi connectivity index (χ4n) is 6.20. The van der Waals surface area contributed by atoms with Crippen LogP contribution in [-0.4, -0.2) is 58.6 Å². The Morgan fingerprint density at radius 1 is 0.727 bits per heavy atom. The Balaban J connectivity index is 1.90. The highest BCUT2D eigenvalue weighted by Crippen LogP contribution is 2.39. The average molecular weight is 605 g/mol. The molecule has 1 aromatic rings. The van der Waals surface area contributed by atoms with Crippen LogP contribution in [0, 0.1) is 11.8 Å². The van der Waals surface area contributed by atoms with Gasteiger partial charge in [0.1, 0.15) is 11.5 Å². The second kappa shape index (κ2) is 16.5. The number of phenols is 1. The SMILES string of the molecule is CCCCC(CC)CN(CC)C1=CC(=O)/C(=C2\C(=O)C(=O)C(c3ccc(N(CC)CC(CC)CCCC)cc3O)=C2O)C=C1. The van der Waals surface area contributed by atoms with E-state index in [1.54, 1.807) is 24.3 Å². The summed E-state index contributed by atoms with van der Waals surface area (Å²) >= 11 is 0. The number of unbranched alkanes of at least 4 members (excludes halogenated alkanes) is 2. The third-order valence-electron chi connectivity index (χ3n) is 9.16. The van der Waals surface area contributed by atoms with E-state index in [9.17, 15) is 24.6 Å². The molecule has 0 fully saturated rings. The molecule has 2 aliphatic rings. The summed E-state index contributed by atoms with van der Waals surface area (Å²) in [6.07, 6.45) is 13.8. The normalized spacial score (nSPS) is 18.2. The van der Waals surface area contributed by atoms with Gasteiger partial charge in [-0.1, -0.05) is 66.2 Å². The molecule has 3 rings (SSSR count). The van der Waals surface area contributed by atoms with Crippen LogP contribution >= 0.6 is 0 Å². The molecule has 0 radical (unpaired) electrons. The number of benzene rings is 1. The zero-order valence-electron chi connectivity index (χ0n) is 27.6. The molecule has 0 spiro atoms. The van der Waals surface area contributed by atoms with Gasteiger partial charge in [-0.15, -0.1) is 0 Å². The Bertz CT molecular complexity index is 1340. The Morgan fingerprint density at radius 3 is 1.80 bits per heavy atom. The second-order valence-electron chi connectivity index (χ2n) is 12.0. The number of anilines is 1. The lowest BCUT2D eigenvalue weighted by atomic mass is 9.95. The summed E-state index contributed by atoms with van der Waals surface area (Å²) in [6, 6.07) is 4.96. The fourth-order valence-corrected chi connectivity index (χ4v) is 6.20. The fraction of sp³-hybridized carbons (Fsp3) is 0.541. The molecule has 0 saturated carbocycles. The molecular weight excluding hydrogens is 552 g/mol. The summed E-state index contributed by atoms with van der Waals surface area (Å²) in [5, 5.41) is 22.2. The van der Waals surface area contributed by atoms with Gasteiger partial charge < -0.3 is 20.0 Å². The van der Waals surface area contributed by atoms with Crippen molar-refractivity contribution in [3.05, 3.63) is 64.6 Å². The van der Waals surface area contributed by atoms with E-state index in [4.69, 9.17) is 0 Å². The van der Waals surface area contributed by atoms with Crippen LogP contribution in [0.4, 0.5) is 5.69 Å². The lowest BCUT2D eigenvalue weighted by molar-refractivity contribution is -0.130. The van der Waals surface area contributed by atoms with Gasteiger partial charge in [-0.2, -0.15) is 0 Å². The lowest BCUT2D eigenvalue weighted by Crippen LogP contribution is -2.30. The molecule has 0 amide bonds. The number of hydrogen-bond acceptors (Lipinski definition) is 7. The summed E-state index contributed by atoms with van der Waals surface area (Å²) < 4.78 is 0. The molecule has 44 heavy (non-hydrogen) atoms. The molecular formula is C37H52N2O5. The van der Waals surface area contributed by atoms with E-state index in [2.05, 4.69) is 44.4 Å². The molecule has 0 aromatic heterocycles. The van der Waals surface area contributed by atoms with Crippen molar-refractivity contribution in [1.82, 2.24) is 4.90 Å². The van der Waals surface area contributed by atoms with E-state index in [1.807, 2.05) is 6.92 Å². The van der Waals surface area contributed by atoms with Gasteiger partial charge in [0.25, 0.3) is 0 Å². The third-order valence-corrected chi connectivity index (χ3v) is 9.16. The highest BCUT2D eigenvalue weighted by molar-refractivity contribution is 6.63. The van der Waals surface area contributed by atoms with Gasteiger partial charge in [0.05, 0.1) is 11.1 Å². The monoisotopic (exact) mass is 604 g/mol. The quantitative estimate of drug-likeness (QED) is 0.139. The first-order chi connectivity index (χ1) is 21.1. The number of carbonyl (C=O) groups is 3. The molecule has 1 aromatic carbocycles. The van der Waals surface area contributed by atoms with Gasteiger partial charge in [0, 0.05) is 60.8 Å². The highest BCUT2D eigenvalue weighted by Gasteiger charge is 2.41. The van der Waals surface area contributed by atoms with Crippen LogP contribution in [-0.2, 0) is 14.4 Å². The van der Waals surface area contributed by atoms with Gasteiger partial charge in [0.2, 0.25) is 11.6 Å². The van der Waals surface area contributed by atoms with Crippen LogP contribution in [0.5, 0.6) is 5.75 Å². The molecule has 0 bridgehead atoms. The Hall–Kier alpha value is -3.61. The zero-order valence-corrected chi connectivity index (χ0v) is 27.6. The first-order valence-corrected chi connectivity index (χ1v) is 16.7. The van der Waals surface area contributed by atoms with Crippen LogP contribution in [0.15, 0.2) is 59.0 Å². The van der Waals surface area contributed by atoms with Crippen molar-refractivity contribution in [3.8, 4) is 5.75 Å². The Labute approximate surface area is 264 Å². The molecule has 0 heterocycles. The van der Waals surface area contributed by atoms with Crippen molar-refractivity contribution in [2.24, 2.45) is 11.8 Å². The minimum absolute atomic E-state index is 0.0142. The van der Waals surface area contributed by atoms with Crippen molar-refractivity contribution in [2.45, 2.75) is 92.9 Å². The molecule has 7 nitrogen and oxygen atoms in total. The highest BCUT2D eigenvalue weighted by atomic mass is 16.3. The zero-order chi connectivity index (χ0) is 32.4. The number of nitrogens with zero attached hydrogens (tertiary/aromatic N) is 2. The van der Waals surface area contributed by atoms with Crippen molar-refractivity contribution < 1.29 is 24.6 Å². The molecule has 2 unspecified atom stereocenters. The molecule has 0 aliphatic heterocycles. The van der Waals surface area contributed by atoms with Crippen molar-refractivity contribution in [3.63, 3.8) is 0 Å². The largest absolute Gasteiger partial charge is 0.507 e. The summed E-state index contributed by atoms with van der Waals surface area (Å²) in [4.78, 5) is 44.0.